The van der Waals surface area contributed by atoms with Crippen LogP contribution in [0.25, 0.3) is 0 Å². The maximum atomic E-state index is 12.1. The highest BCUT2D eigenvalue weighted by Crippen LogP contribution is 2.26. The fourth-order valence-electron chi connectivity index (χ4n) is 2.71. The largest absolute Gasteiger partial charge is 0.358 e. The zero-order valence-corrected chi connectivity index (χ0v) is 11.9. The monoisotopic (exact) mass is 305 g/mol. The highest BCUT2D eigenvalue weighted by atomic mass is 16.2. The summed E-state index contributed by atoms with van der Waals surface area (Å²) in [6.07, 6.45) is 2.67. The number of anilines is 1. The van der Waals surface area contributed by atoms with Crippen molar-refractivity contribution in [3.63, 3.8) is 0 Å². The molecule has 0 spiro atoms. The average molecular weight is 305 g/mol. The van der Waals surface area contributed by atoms with Crippen molar-refractivity contribution < 1.29 is 0 Å². The first-order valence-corrected chi connectivity index (χ1v) is 6.88. The molecule has 0 amide bonds. The highest BCUT2D eigenvalue weighted by molar-refractivity contribution is 5.52. The van der Waals surface area contributed by atoms with Crippen LogP contribution in [0.1, 0.15) is 24.6 Å². The quantitative estimate of drug-likeness (QED) is 0.551. The topological polar surface area (TPSA) is 135 Å². The summed E-state index contributed by atoms with van der Waals surface area (Å²) >= 11 is 0. The molecule has 3 heterocycles. The van der Waals surface area contributed by atoms with Crippen molar-refractivity contribution >= 4 is 5.69 Å². The standard InChI is InChI=1S/C13H15N5O4/c1-6-2-3-8-9(11(20)17-13(22)15-8)18(6)5-7-4-14-12(21)16-10(7)19/h4,6H,2-3,5H2,1H3,(H2,14,16,19,21)(H2,15,17,20,22). The van der Waals surface area contributed by atoms with Crippen molar-refractivity contribution in [2.45, 2.75) is 32.4 Å². The van der Waals surface area contributed by atoms with E-state index < -0.39 is 22.5 Å². The van der Waals surface area contributed by atoms with Gasteiger partial charge in [0.1, 0.15) is 5.69 Å². The van der Waals surface area contributed by atoms with Crippen LogP contribution in [0.2, 0.25) is 0 Å². The Morgan fingerprint density at radius 1 is 1.09 bits per heavy atom. The Hall–Kier alpha value is -2.84. The van der Waals surface area contributed by atoms with Gasteiger partial charge in [0.15, 0.2) is 0 Å². The van der Waals surface area contributed by atoms with Crippen molar-refractivity contribution in [3.8, 4) is 0 Å². The summed E-state index contributed by atoms with van der Waals surface area (Å²) in [6, 6.07) is 0.0193. The number of hydrogen-bond acceptors (Lipinski definition) is 5. The molecule has 9 nitrogen and oxygen atoms in total. The number of aryl methyl sites for hydroxylation is 1. The van der Waals surface area contributed by atoms with E-state index in [0.717, 1.165) is 6.42 Å². The molecular formula is C13H15N5O4. The first-order chi connectivity index (χ1) is 10.5. The number of aromatic amines is 4. The number of aromatic nitrogens is 4. The van der Waals surface area contributed by atoms with Crippen molar-refractivity contribution in [1.82, 2.24) is 19.9 Å². The molecule has 0 saturated carbocycles. The van der Waals surface area contributed by atoms with Crippen LogP contribution in [0.15, 0.2) is 25.4 Å². The molecule has 2 aromatic rings. The van der Waals surface area contributed by atoms with Gasteiger partial charge in [-0.05, 0) is 19.8 Å². The van der Waals surface area contributed by atoms with Gasteiger partial charge in [-0.3, -0.25) is 19.6 Å². The smallest absolute Gasteiger partial charge is 0.326 e. The second kappa shape index (κ2) is 5.17. The Bertz CT molecular complexity index is 935. The molecule has 0 saturated heterocycles. The van der Waals surface area contributed by atoms with E-state index in [1.165, 1.54) is 6.20 Å². The third-order valence-corrected chi connectivity index (χ3v) is 3.86. The summed E-state index contributed by atoms with van der Waals surface area (Å²) < 4.78 is 0. The maximum Gasteiger partial charge on any atom is 0.326 e. The van der Waals surface area contributed by atoms with E-state index in [9.17, 15) is 19.2 Å². The Balaban J connectivity index is 2.08. The predicted molar refractivity (Wildman–Crippen MR) is 79.3 cm³/mol. The maximum absolute atomic E-state index is 12.1. The SMILES string of the molecule is CC1CCc2[nH]c(=O)[nH]c(=O)c2N1Cc1c[nH]c(=O)[nH]c1=O. The molecule has 0 radical (unpaired) electrons. The van der Waals surface area contributed by atoms with Gasteiger partial charge in [-0.2, -0.15) is 0 Å². The summed E-state index contributed by atoms with van der Waals surface area (Å²) in [7, 11) is 0. The second-order valence-corrected chi connectivity index (χ2v) is 5.35. The summed E-state index contributed by atoms with van der Waals surface area (Å²) in [4.78, 5) is 57.5. The number of H-pyrrole nitrogens is 4. The van der Waals surface area contributed by atoms with Crippen LogP contribution in [0.4, 0.5) is 5.69 Å². The van der Waals surface area contributed by atoms with Crippen LogP contribution in [0, 0.1) is 0 Å². The van der Waals surface area contributed by atoms with Gasteiger partial charge in [0, 0.05) is 17.9 Å². The first-order valence-electron chi connectivity index (χ1n) is 6.88. The van der Waals surface area contributed by atoms with Crippen LogP contribution < -0.4 is 27.4 Å². The van der Waals surface area contributed by atoms with Gasteiger partial charge < -0.3 is 14.9 Å². The fraction of sp³-hybridized carbons (Fsp3) is 0.385. The molecule has 4 N–H and O–H groups in total. The molecule has 0 fully saturated rings. The van der Waals surface area contributed by atoms with Crippen LogP contribution in [0.3, 0.4) is 0 Å². The summed E-state index contributed by atoms with van der Waals surface area (Å²) in [5, 5.41) is 0. The van der Waals surface area contributed by atoms with Crippen molar-refractivity contribution in [2.24, 2.45) is 0 Å². The number of fused-ring (bicyclic) bond motifs is 1. The molecule has 1 aliphatic heterocycles. The van der Waals surface area contributed by atoms with Gasteiger partial charge >= 0.3 is 11.4 Å². The Morgan fingerprint density at radius 3 is 2.55 bits per heavy atom. The van der Waals surface area contributed by atoms with Crippen LogP contribution in [-0.4, -0.2) is 26.0 Å². The molecule has 3 rings (SSSR count). The Labute approximate surface area is 123 Å². The minimum absolute atomic E-state index is 0.0193. The lowest BCUT2D eigenvalue weighted by atomic mass is 10.0. The minimum Gasteiger partial charge on any atom is -0.358 e. The molecule has 0 bridgehead atoms. The van der Waals surface area contributed by atoms with Crippen LogP contribution in [0.5, 0.6) is 0 Å². The molecule has 1 aliphatic rings. The van der Waals surface area contributed by atoms with E-state index in [1.54, 1.807) is 4.90 Å². The van der Waals surface area contributed by atoms with Crippen molar-refractivity contribution in [2.75, 3.05) is 4.90 Å². The minimum atomic E-state index is -0.581. The number of rotatable bonds is 2. The lowest BCUT2D eigenvalue weighted by Crippen LogP contribution is -2.44. The summed E-state index contributed by atoms with van der Waals surface area (Å²) in [5.74, 6) is 0. The zero-order chi connectivity index (χ0) is 15.9. The third kappa shape index (κ3) is 2.41. The lowest BCUT2D eigenvalue weighted by Gasteiger charge is -2.35. The van der Waals surface area contributed by atoms with E-state index in [4.69, 9.17) is 0 Å². The number of nitrogens with one attached hydrogen (secondary N) is 4. The zero-order valence-electron chi connectivity index (χ0n) is 11.9. The van der Waals surface area contributed by atoms with Gasteiger partial charge in [0.25, 0.3) is 11.1 Å². The van der Waals surface area contributed by atoms with Crippen LogP contribution >= 0.6 is 0 Å². The van der Waals surface area contributed by atoms with Gasteiger partial charge in [-0.1, -0.05) is 0 Å². The molecule has 22 heavy (non-hydrogen) atoms. The van der Waals surface area contributed by atoms with E-state index in [-0.39, 0.29) is 12.6 Å². The van der Waals surface area contributed by atoms with E-state index in [1.807, 2.05) is 6.92 Å². The summed E-state index contributed by atoms with van der Waals surface area (Å²) in [5.41, 5.74) is -0.834. The number of nitrogens with zero attached hydrogens (tertiary/aromatic N) is 1. The molecule has 0 aliphatic carbocycles. The number of hydrogen-bond donors (Lipinski definition) is 4. The lowest BCUT2D eigenvalue weighted by molar-refractivity contribution is 0.544. The summed E-state index contributed by atoms with van der Waals surface area (Å²) in [6.45, 7) is 2.10. The van der Waals surface area contributed by atoms with Crippen molar-refractivity contribution in [3.05, 3.63) is 59.1 Å². The van der Waals surface area contributed by atoms with Gasteiger partial charge in [0.2, 0.25) is 0 Å². The third-order valence-electron chi connectivity index (χ3n) is 3.86. The van der Waals surface area contributed by atoms with Crippen molar-refractivity contribution in [1.29, 1.82) is 0 Å². The fourth-order valence-corrected chi connectivity index (χ4v) is 2.71. The van der Waals surface area contributed by atoms with Crippen LogP contribution in [-0.2, 0) is 13.0 Å². The molecule has 1 unspecified atom stereocenters. The van der Waals surface area contributed by atoms with E-state index >= 15 is 0 Å². The Kier molecular flexibility index (Phi) is 3.32. The molecule has 0 aromatic carbocycles. The predicted octanol–water partition coefficient (Wildman–Crippen LogP) is -1.22. The molecule has 2 aromatic heterocycles. The molecular weight excluding hydrogens is 290 g/mol. The van der Waals surface area contributed by atoms with Gasteiger partial charge in [-0.15, -0.1) is 0 Å². The molecule has 9 heteroatoms. The highest BCUT2D eigenvalue weighted by Gasteiger charge is 2.27. The first kappa shape index (κ1) is 14.1. The molecule has 116 valence electrons. The van der Waals surface area contributed by atoms with Gasteiger partial charge in [0.05, 0.1) is 12.1 Å². The second-order valence-electron chi connectivity index (χ2n) is 5.35. The van der Waals surface area contributed by atoms with Gasteiger partial charge in [-0.25, -0.2) is 9.59 Å². The van der Waals surface area contributed by atoms with E-state index in [0.29, 0.717) is 23.4 Å². The Morgan fingerprint density at radius 2 is 1.82 bits per heavy atom. The average Bonchev–Trinajstić information content (AvgIpc) is 2.44. The van der Waals surface area contributed by atoms with E-state index in [2.05, 4.69) is 19.9 Å². The molecule has 1 atom stereocenters. The normalized spacial score (nSPS) is 17.3.